The van der Waals surface area contributed by atoms with Gasteiger partial charge in [0, 0.05) is 19.2 Å². The van der Waals surface area contributed by atoms with Crippen molar-refractivity contribution in [3.8, 4) is 5.75 Å². The first-order chi connectivity index (χ1) is 15.8. The maximum atomic E-state index is 12.7. The molecule has 4 rings (SSSR count). The number of benzene rings is 2. The summed E-state index contributed by atoms with van der Waals surface area (Å²) >= 11 is 13.2. The molecule has 2 N–H and O–H groups in total. The first-order valence-corrected chi connectivity index (χ1v) is 13.4. The molecule has 0 aliphatic carbocycles. The Morgan fingerprint density at radius 1 is 1.12 bits per heavy atom. The molecule has 33 heavy (non-hydrogen) atoms. The largest absolute Gasteiger partial charge is 0.379 e. The Labute approximate surface area is 206 Å². The van der Waals surface area contributed by atoms with E-state index in [1.54, 1.807) is 12.1 Å². The highest BCUT2D eigenvalue weighted by molar-refractivity contribution is 7.87. The summed E-state index contributed by atoms with van der Waals surface area (Å²) < 4.78 is 31.2. The van der Waals surface area contributed by atoms with Gasteiger partial charge in [0.15, 0.2) is 5.13 Å². The first kappa shape index (κ1) is 24.0. The lowest BCUT2D eigenvalue weighted by Crippen LogP contribution is -2.39. The average Bonchev–Trinajstić information content (AvgIpc) is 3.15. The lowest BCUT2D eigenvalue weighted by atomic mass is 10.1. The van der Waals surface area contributed by atoms with E-state index in [4.69, 9.17) is 27.4 Å². The Morgan fingerprint density at radius 2 is 1.85 bits per heavy atom. The van der Waals surface area contributed by atoms with Crippen LogP contribution >= 0.6 is 34.5 Å². The Hall–Kier alpha value is -2.11. The number of hydrogen-bond donors (Lipinski definition) is 2. The van der Waals surface area contributed by atoms with E-state index in [0.29, 0.717) is 21.9 Å². The van der Waals surface area contributed by atoms with Gasteiger partial charge in [-0.1, -0.05) is 47.0 Å². The molecule has 0 atom stereocenters. The van der Waals surface area contributed by atoms with E-state index in [-0.39, 0.29) is 26.7 Å². The van der Waals surface area contributed by atoms with Gasteiger partial charge in [-0.3, -0.25) is 5.32 Å². The molecule has 2 heterocycles. The number of likely N-dealkylation sites (tertiary alicyclic amines) is 1. The summed E-state index contributed by atoms with van der Waals surface area (Å²) in [6, 6.07) is 8.69. The second-order valence-corrected chi connectivity index (χ2v) is 10.8. The second-order valence-electron chi connectivity index (χ2n) is 7.52. The summed E-state index contributed by atoms with van der Waals surface area (Å²) in [5, 5.41) is 5.90. The Kier molecular flexibility index (Phi) is 7.60. The number of hydrogen-bond acceptors (Lipinski definition) is 7. The summed E-state index contributed by atoms with van der Waals surface area (Å²) in [6.07, 6.45) is 3.68. The van der Waals surface area contributed by atoms with Crippen molar-refractivity contribution in [2.75, 3.05) is 31.5 Å². The van der Waals surface area contributed by atoms with E-state index in [1.807, 2.05) is 0 Å². The third kappa shape index (κ3) is 6.07. The standard InChI is InChI=1S/C21H22Cl2N4O4S2/c22-15-5-4-6-16(23)19(15)33(29,30)31-14-7-8-17-18(13-14)32-21(25-17)26-20(28)24-9-12-27-10-2-1-3-11-27/h4-8,13H,1-3,9-12H2,(H2,24,25,26,28). The van der Waals surface area contributed by atoms with Gasteiger partial charge in [-0.15, -0.1) is 0 Å². The molecule has 12 heteroatoms. The van der Waals surface area contributed by atoms with E-state index in [1.165, 1.54) is 54.9 Å². The van der Waals surface area contributed by atoms with Crippen molar-refractivity contribution in [3.63, 3.8) is 0 Å². The normalized spacial score (nSPS) is 14.8. The van der Waals surface area contributed by atoms with Crippen molar-refractivity contribution in [2.45, 2.75) is 24.2 Å². The van der Waals surface area contributed by atoms with E-state index in [2.05, 4.69) is 20.5 Å². The Morgan fingerprint density at radius 3 is 2.58 bits per heavy atom. The molecular formula is C21H22Cl2N4O4S2. The summed E-state index contributed by atoms with van der Waals surface area (Å²) in [5.74, 6) is 0.0830. The summed E-state index contributed by atoms with van der Waals surface area (Å²) in [5.41, 5.74) is 0.601. The van der Waals surface area contributed by atoms with Crippen LogP contribution in [0.4, 0.5) is 9.93 Å². The van der Waals surface area contributed by atoms with Crippen molar-refractivity contribution in [2.24, 2.45) is 0 Å². The van der Waals surface area contributed by atoms with Gasteiger partial charge in [0.2, 0.25) is 0 Å². The monoisotopic (exact) mass is 528 g/mol. The van der Waals surface area contributed by atoms with Gasteiger partial charge < -0.3 is 14.4 Å². The van der Waals surface area contributed by atoms with Crippen molar-refractivity contribution in [1.29, 1.82) is 0 Å². The van der Waals surface area contributed by atoms with Crippen LogP contribution in [0.1, 0.15) is 19.3 Å². The SMILES string of the molecule is O=C(NCCN1CCCCC1)Nc1nc2ccc(OS(=O)(=O)c3c(Cl)cccc3Cl)cc2s1. The number of nitrogens with one attached hydrogen (secondary N) is 2. The van der Waals surface area contributed by atoms with Crippen LogP contribution < -0.4 is 14.8 Å². The molecule has 0 radical (unpaired) electrons. The predicted molar refractivity (Wildman–Crippen MR) is 131 cm³/mol. The maximum Gasteiger partial charge on any atom is 0.342 e. The zero-order valence-corrected chi connectivity index (χ0v) is 20.7. The average molecular weight is 529 g/mol. The van der Waals surface area contributed by atoms with Crippen molar-refractivity contribution >= 4 is 66.0 Å². The third-order valence-electron chi connectivity index (χ3n) is 5.12. The molecule has 3 aromatic rings. The molecule has 1 aromatic heterocycles. The van der Waals surface area contributed by atoms with Crippen molar-refractivity contribution < 1.29 is 17.4 Å². The van der Waals surface area contributed by atoms with E-state index < -0.39 is 10.1 Å². The highest BCUT2D eigenvalue weighted by Crippen LogP contribution is 2.34. The Bertz CT molecular complexity index is 1240. The fourth-order valence-corrected chi connectivity index (χ4v) is 6.46. The number of halogens is 2. The van der Waals surface area contributed by atoms with E-state index >= 15 is 0 Å². The lowest BCUT2D eigenvalue weighted by Gasteiger charge is -2.26. The molecule has 1 saturated heterocycles. The topological polar surface area (TPSA) is 101 Å². The van der Waals surface area contributed by atoms with Crippen LogP contribution in [0.25, 0.3) is 10.2 Å². The minimum absolute atomic E-state index is 0.0286. The molecule has 1 aliphatic heterocycles. The van der Waals surface area contributed by atoms with E-state index in [0.717, 1.165) is 19.6 Å². The fourth-order valence-electron chi connectivity index (χ4n) is 3.55. The molecule has 0 spiro atoms. The maximum absolute atomic E-state index is 12.7. The number of nitrogens with zero attached hydrogens (tertiary/aromatic N) is 2. The van der Waals surface area contributed by atoms with Crippen LogP contribution in [0.15, 0.2) is 41.3 Å². The molecule has 0 saturated carbocycles. The van der Waals surface area contributed by atoms with Gasteiger partial charge in [-0.05, 0) is 50.2 Å². The van der Waals surface area contributed by atoms with Crippen LogP contribution in [-0.2, 0) is 10.1 Å². The Balaban J connectivity index is 1.39. The minimum Gasteiger partial charge on any atom is -0.379 e. The van der Waals surface area contributed by atoms with Crippen molar-refractivity contribution in [1.82, 2.24) is 15.2 Å². The van der Waals surface area contributed by atoms with Crippen LogP contribution in [0, 0.1) is 0 Å². The first-order valence-electron chi connectivity index (χ1n) is 10.4. The number of urea groups is 1. The number of rotatable bonds is 7. The number of fused-ring (bicyclic) bond motifs is 1. The van der Waals surface area contributed by atoms with E-state index in [9.17, 15) is 13.2 Å². The highest BCUT2D eigenvalue weighted by Gasteiger charge is 2.24. The number of amides is 2. The molecule has 1 aliphatic rings. The highest BCUT2D eigenvalue weighted by atomic mass is 35.5. The number of piperidine rings is 1. The number of aromatic nitrogens is 1. The predicted octanol–water partition coefficient (Wildman–Crippen LogP) is 4.98. The van der Waals surface area contributed by atoms with Crippen LogP contribution in [-0.4, -0.2) is 50.5 Å². The molecule has 176 valence electrons. The summed E-state index contributed by atoms with van der Waals surface area (Å²) in [7, 11) is -4.24. The van der Waals surface area contributed by atoms with Gasteiger partial charge >= 0.3 is 16.1 Å². The van der Waals surface area contributed by atoms with Crippen LogP contribution in [0.5, 0.6) is 5.75 Å². The molecule has 2 amide bonds. The lowest BCUT2D eigenvalue weighted by molar-refractivity contribution is 0.224. The molecule has 8 nitrogen and oxygen atoms in total. The number of carbonyl (C=O) groups excluding carboxylic acids is 1. The smallest absolute Gasteiger partial charge is 0.342 e. The number of carbonyl (C=O) groups is 1. The minimum atomic E-state index is -4.24. The van der Waals surface area contributed by atoms with Gasteiger partial charge in [0.05, 0.1) is 20.3 Å². The van der Waals surface area contributed by atoms with Gasteiger partial charge in [0.25, 0.3) is 0 Å². The molecule has 2 aromatic carbocycles. The number of anilines is 1. The molecular weight excluding hydrogens is 507 g/mol. The second kappa shape index (κ2) is 10.4. The van der Waals surface area contributed by atoms with Crippen LogP contribution in [0.2, 0.25) is 10.0 Å². The fraction of sp³-hybridized carbons (Fsp3) is 0.333. The summed E-state index contributed by atoms with van der Waals surface area (Å²) in [4.78, 5) is 18.6. The van der Waals surface area contributed by atoms with Gasteiger partial charge in [0.1, 0.15) is 10.6 Å². The number of thiazole rings is 1. The molecule has 1 fully saturated rings. The van der Waals surface area contributed by atoms with Gasteiger partial charge in [-0.25, -0.2) is 9.78 Å². The molecule has 0 bridgehead atoms. The van der Waals surface area contributed by atoms with Gasteiger partial charge in [-0.2, -0.15) is 8.42 Å². The molecule has 0 unspecified atom stereocenters. The van der Waals surface area contributed by atoms with Crippen LogP contribution in [0.3, 0.4) is 0 Å². The van der Waals surface area contributed by atoms with Crippen molar-refractivity contribution in [3.05, 3.63) is 46.4 Å². The summed E-state index contributed by atoms with van der Waals surface area (Å²) in [6.45, 7) is 3.52. The quantitative estimate of drug-likeness (QED) is 0.419. The zero-order valence-electron chi connectivity index (χ0n) is 17.5. The zero-order chi connectivity index (χ0) is 23.4. The third-order valence-corrected chi connectivity index (χ3v) is 8.26.